The van der Waals surface area contributed by atoms with Gasteiger partial charge >= 0.3 is 0 Å². The highest BCUT2D eigenvalue weighted by Crippen LogP contribution is 2.16. The molecule has 0 aliphatic heterocycles. The van der Waals surface area contributed by atoms with Crippen LogP contribution in [0.1, 0.15) is 11.3 Å². The Morgan fingerprint density at radius 1 is 1.26 bits per heavy atom. The minimum atomic E-state index is -0.0383. The third kappa shape index (κ3) is 2.80. The van der Waals surface area contributed by atoms with Gasteiger partial charge in [0.2, 0.25) is 5.91 Å². The van der Waals surface area contributed by atoms with E-state index in [-0.39, 0.29) is 12.3 Å². The largest absolute Gasteiger partial charge is 0.352 e. The zero-order valence-electron chi connectivity index (χ0n) is 12.3. The van der Waals surface area contributed by atoms with Gasteiger partial charge in [0, 0.05) is 35.9 Å². The first kappa shape index (κ1) is 13.9. The standard InChI is InChI=1S/C17H14N4OS/c22-15(9-14-11-21-7-8-23-17(21)20-14)19-10-13-4-1-3-12-5-2-6-18-16(12)13/h1-8,11H,9-10H2,(H,19,22). The molecule has 1 aromatic carbocycles. The average Bonchev–Trinajstić information content (AvgIpc) is 3.14. The van der Waals surface area contributed by atoms with Gasteiger partial charge in [0.15, 0.2) is 4.96 Å². The van der Waals surface area contributed by atoms with Crippen molar-refractivity contribution >= 4 is 33.1 Å². The van der Waals surface area contributed by atoms with Crippen molar-refractivity contribution in [3.05, 3.63) is 65.6 Å². The summed E-state index contributed by atoms with van der Waals surface area (Å²) in [5.41, 5.74) is 2.73. The lowest BCUT2D eigenvalue weighted by molar-refractivity contribution is -0.120. The molecule has 0 spiro atoms. The quantitative estimate of drug-likeness (QED) is 0.628. The smallest absolute Gasteiger partial charge is 0.226 e. The first-order chi connectivity index (χ1) is 11.3. The molecule has 0 aliphatic rings. The Morgan fingerprint density at radius 2 is 2.17 bits per heavy atom. The number of aromatic nitrogens is 3. The van der Waals surface area contributed by atoms with Gasteiger partial charge in [-0.25, -0.2) is 4.98 Å². The minimum absolute atomic E-state index is 0.0383. The predicted molar refractivity (Wildman–Crippen MR) is 90.4 cm³/mol. The van der Waals surface area contributed by atoms with Crippen molar-refractivity contribution in [2.75, 3.05) is 0 Å². The van der Waals surface area contributed by atoms with Crippen LogP contribution >= 0.6 is 11.3 Å². The zero-order valence-corrected chi connectivity index (χ0v) is 13.1. The number of para-hydroxylation sites is 1. The molecule has 4 aromatic rings. The average molecular weight is 322 g/mol. The van der Waals surface area contributed by atoms with E-state index in [9.17, 15) is 4.79 Å². The number of imidazole rings is 1. The monoisotopic (exact) mass is 322 g/mol. The topological polar surface area (TPSA) is 59.3 Å². The summed E-state index contributed by atoms with van der Waals surface area (Å²) in [4.78, 5) is 21.9. The first-order valence-electron chi connectivity index (χ1n) is 7.30. The highest BCUT2D eigenvalue weighted by molar-refractivity contribution is 7.15. The molecule has 6 heteroatoms. The third-order valence-electron chi connectivity index (χ3n) is 3.68. The molecule has 0 saturated heterocycles. The maximum absolute atomic E-state index is 12.1. The minimum Gasteiger partial charge on any atom is -0.352 e. The molecular formula is C17H14N4OS. The Bertz CT molecular complexity index is 955. The summed E-state index contributed by atoms with van der Waals surface area (Å²) >= 11 is 1.56. The normalized spacial score (nSPS) is 11.1. The molecule has 23 heavy (non-hydrogen) atoms. The molecule has 0 aliphatic carbocycles. The number of fused-ring (bicyclic) bond motifs is 2. The van der Waals surface area contributed by atoms with Crippen LogP contribution < -0.4 is 5.32 Å². The number of nitrogens with one attached hydrogen (secondary N) is 1. The molecule has 0 radical (unpaired) electrons. The van der Waals surface area contributed by atoms with Crippen LogP contribution in [-0.4, -0.2) is 20.3 Å². The molecule has 0 saturated carbocycles. The number of rotatable bonds is 4. The summed E-state index contributed by atoms with van der Waals surface area (Å²) in [6.07, 6.45) is 5.89. The van der Waals surface area contributed by atoms with Gasteiger partial charge in [-0.05, 0) is 11.6 Å². The van der Waals surface area contributed by atoms with Gasteiger partial charge in [0.05, 0.1) is 17.6 Å². The summed E-state index contributed by atoms with van der Waals surface area (Å²) in [5.74, 6) is -0.0383. The van der Waals surface area contributed by atoms with Gasteiger partial charge in [-0.15, -0.1) is 11.3 Å². The fourth-order valence-corrected chi connectivity index (χ4v) is 3.31. The Balaban J connectivity index is 1.45. The number of nitrogens with zero attached hydrogens (tertiary/aromatic N) is 3. The van der Waals surface area contributed by atoms with Crippen LogP contribution in [0.2, 0.25) is 0 Å². The van der Waals surface area contributed by atoms with E-state index in [1.54, 1.807) is 17.5 Å². The summed E-state index contributed by atoms with van der Waals surface area (Å²) in [6, 6.07) is 9.92. The number of hydrogen-bond acceptors (Lipinski definition) is 4. The number of carbonyl (C=O) groups excluding carboxylic acids is 1. The maximum atomic E-state index is 12.1. The van der Waals surface area contributed by atoms with Crippen molar-refractivity contribution < 1.29 is 4.79 Å². The number of carbonyl (C=O) groups is 1. The molecule has 0 atom stereocenters. The van der Waals surface area contributed by atoms with Crippen LogP contribution in [-0.2, 0) is 17.8 Å². The molecular weight excluding hydrogens is 308 g/mol. The van der Waals surface area contributed by atoms with E-state index >= 15 is 0 Å². The van der Waals surface area contributed by atoms with Crippen molar-refractivity contribution in [3.63, 3.8) is 0 Å². The predicted octanol–water partition coefficient (Wildman–Crippen LogP) is 2.80. The molecule has 0 bridgehead atoms. The first-order valence-corrected chi connectivity index (χ1v) is 8.18. The lowest BCUT2D eigenvalue weighted by Gasteiger charge is -2.07. The molecule has 114 valence electrons. The zero-order chi connectivity index (χ0) is 15.6. The molecule has 3 heterocycles. The fraction of sp³-hybridized carbons (Fsp3) is 0.118. The molecule has 0 unspecified atom stereocenters. The van der Waals surface area contributed by atoms with Crippen molar-refractivity contribution in [1.82, 2.24) is 19.7 Å². The van der Waals surface area contributed by atoms with E-state index in [4.69, 9.17) is 0 Å². The molecule has 3 aromatic heterocycles. The summed E-state index contributed by atoms with van der Waals surface area (Å²) in [7, 11) is 0. The summed E-state index contributed by atoms with van der Waals surface area (Å²) < 4.78 is 1.93. The molecule has 1 amide bonds. The number of benzene rings is 1. The Kier molecular flexibility index (Phi) is 3.51. The molecule has 5 nitrogen and oxygen atoms in total. The van der Waals surface area contributed by atoms with Gasteiger partial charge in [-0.3, -0.25) is 14.2 Å². The van der Waals surface area contributed by atoms with E-state index in [2.05, 4.69) is 15.3 Å². The van der Waals surface area contributed by atoms with E-state index in [1.807, 2.05) is 52.5 Å². The van der Waals surface area contributed by atoms with Gasteiger partial charge in [-0.1, -0.05) is 24.3 Å². The Labute approximate surface area is 136 Å². The van der Waals surface area contributed by atoms with Crippen LogP contribution in [0.15, 0.2) is 54.3 Å². The van der Waals surface area contributed by atoms with Crippen LogP contribution in [0.5, 0.6) is 0 Å². The number of pyridine rings is 1. The van der Waals surface area contributed by atoms with Crippen LogP contribution in [0, 0.1) is 0 Å². The lowest BCUT2D eigenvalue weighted by atomic mass is 10.1. The van der Waals surface area contributed by atoms with Gasteiger partial charge < -0.3 is 5.32 Å². The number of thiazole rings is 1. The summed E-state index contributed by atoms with van der Waals surface area (Å²) in [6.45, 7) is 0.468. The summed E-state index contributed by atoms with van der Waals surface area (Å²) in [5, 5.41) is 6.00. The molecule has 1 N–H and O–H groups in total. The fourth-order valence-electron chi connectivity index (χ4n) is 2.59. The van der Waals surface area contributed by atoms with E-state index in [1.165, 1.54) is 0 Å². The second-order valence-electron chi connectivity index (χ2n) is 5.27. The van der Waals surface area contributed by atoms with Gasteiger partial charge in [0.25, 0.3) is 0 Å². The SMILES string of the molecule is O=C(Cc1cn2ccsc2n1)NCc1cccc2cccnc12. The van der Waals surface area contributed by atoms with Crippen LogP contribution in [0.25, 0.3) is 15.9 Å². The third-order valence-corrected chi connectivity index (χ3v) is 4.45. The van der Waals surface area contributed by atoms with Gasteiger partial charge in [0.1, 0.15) is 0 Å². The number of hydrogen-bond donors (Lipinski definition) is 1. The van der Waals surface area contributed by atoms with Gasteiger partial charge in [-0.2, -0.15) is 0 Å². The number of amides is 1. The Hall–Kier alpha value is -2.73. The molecule has 4 rings (SSSR count). The lowest BCUT2D eigenvalue weighted by Crippen LogP contribution is -2.24. The van der Waals surface area contributed by atoms with E-state index < -0.39 is 0 Å². The molecule has 0 fully saturated rings. The van der Waals surface area contributed by atoms with Crippen molar-refractivity contribution in [2.45, 2.75) is 13.0 Å². The van der Waals surface area contributed by atoms with E-state index in [0.29, 0.717) is 6.54 Å². The second-order valence-corrected chi connectivity index (χ2v) is 6.14. The van der Waals surface area contributed by atoms with E-state index in [0.717, 1.165) is 27.1 Å². The van der Waals surface area contributed by atoms with Crippen LogP contribution in [0.4, 0.5) is 0 Å². The van der Waals surface area contributed by atoms with Crippen LogP contribution in [0.3, 0.4) is 0 Å². The Morgan fingerprint density at radius 3 is 3.09 bits per heavy atom. The maximum Gasteiger partial charge on any atom is 0.226 e. The highest BCUT2D eigenvalue weighted by Gasteiger charge is 2.09. The van der Waals surface area contributed by atoms with Crippen molar-refractivity contribution in [1.29, 1.82) is 0 Å². The highest BCUT2D eigenvalue weighted by atomic mass is 32.1. The van der Waals surface area contributed by atoms with Crippen molar-refractivity contribution in [3.8, 4) is 0 Å². The van der Waals surface area contributed by atoms with Crippen molar-refractivity contribution in [2.24, 2.45) is 0 Å². The second kappa shape index (κ2) is 5.81.